The van der Waals surface area contributed by atoms with Gasteiger partial charge in [-0.25, -0.2) is 4.79 Å². The fourth-order valence-corrected chi connectivity index (χ4v) is 2.00. The van der Waals surface area contributed by atoms with E-state index in [1.165, 1.54) is 12.1 Å². The van der Waals surface area contributed by atoms with E-state index in [4.69, 9.17) is 14.3 Å². The number of hydrogen-bond donors (Lipinski definition) is 1. The number of carbonyl (C=O) groups is 2. The zero-order valence-corrected chi connectivity index (χ0v) is 12.4. The predicted molar refractivity (Wildman–Crippen MR) is 79.1 cm³/mol. The van der Waals surface area contributed by atoms with Gasteiger partial charge in [0.15, 0.2) is 5.76 Å². The molecule has 2 aromatic rings. The number of furan rings is 1. The normalized spacial score (nSPS) is 10.3. The summed E-state index contributed by atoms with van der Waals surface area (Å²) in [7, 11) is 1.59. The Morgan fingerprint density at radius 1 is 1.14 bits per heavy atom. The van der Waals surface area contributed by atoms with E-state index in [2.05, 4.69) is 0 Å². The fraction of sp³-hybridized carbons (Fsp3) is 0.250. The first-order chi connectivity index (χ1) is 10.5. The van der Waals surface area contributed by atoms with Crippen LogP contribution in [0.4, 0.5) is 0 Å². The summed E-state index contributed by atoms with van der Waals surface area (Å²) in [6.07, 6.45) is 0. The number of aromatic carboxylic acids is 1. The summed E-state index contributed by atoms with van der Waals surface area (Å²) in [5.41, 5.74) is 0.945. The maximum absolute atomic E-state index is 12.4. The highest BCUT2D eigenvalue weighted by atomic mass is 16.5. The van der Waals surface area contributed by atoms with Crippen LogP contribution in [0, 0.1) is 0 Å². The van der Waals surface area contributed by atoms with Crippen molar-refractivity contribution in [1.82, 2.24) is 4.90 Å². The van der Waals surface area contributed by atoms with Crippen molar-refractivity contribution < 1.29 is 23.8 Å². The van der Waals surface area contributed by atoms with Crippen molar-refractivity contribution in [2.24, 2.45) is 0 Å². The Labute approximate surface area is 127 Å². The second-order valence-electron chi connectivity index (χ2n) is 4.64. The molecule has 0 radical (unpaired) electrons. The van der Waals surface area contributed by atoms with Crippen LogP contribution in [-0.2, 0) is 6.54 Å². The molecule has 0 bridgehead atoms. The first-order valence-electron chi connectivity index (χ1n) is 6.80. The highest BCUT2D eigenvalue weighted by Gasteiger charge is 2.20. The summed E-state index contributed by atoms with van der Waals surface area (Å²) in [6.45, 7) is 2.73. The van der Waals surface area contributed by atoms with Gasteiger partial charge in [-0.2, -0.15) is 0 Å². The van der Waals surface area contributed by atoms with E-state index in [9.17, 15) is 9.59 Å². The van der Waals surface area contributed by atoms with Crippen molar-refractivity contribution >= 4 is 11.9 Å². The van der Waals surface area contributed by atoms with Gasteiger partial charge in [0.1, 0.15) is 5.75 Å². The van der Waals surface area contributed by atoms with Gasteiger partial charge in [0.25, 0.3) is 5.91 Å². The Morgan fingerprint density at radius 2 is 1.77 bits per heavy atom. The molecule has 1 heterocycles. The molecule has 6 heteroatoms. The highest BCUT2D eigenvalue weighted by molar-refractivity contribution is 5.93. The lowest BCUT2D eigenvalue weighted by atomic mass is 10.2. The first kappa shape index (κ1) is 15.6. The molecule has 0 fully saturated rings. The van der Waals surface area contributed by atoms with E-state index < -0.39 is 5.97 Å². The van der Waals surface area contributed by atoms with Crippen molar-refractivity contribution in [1.29, 1.82) is 0 Å². The Balaban J connectivity index is 2.12. The van der Waals surface area contributed by atoms with Crippen LogP contribution in [0.3, 0.4) is 0 Å². The van der Waals surface area contributed by atoms with E-state index in [1.807, 2.05) is 31.2 Å². The van der Waals surface area contributed by atoms with E-state index in [-0.39, 0.29) is 17.4 Å². The second-order valence-corrected chi connectivity index (χ2v) is 4.64. The summed E-state index contributed by atoms with van der Waals surface area (Å²) >= 11 is 0. The van der Waals surface area contributed by atoms with Crippen LogP contribution in [0.1, 0.15) is 33.6 Å². The number of carboxylic acids is 1. The molecule has 0 aliphatic heterocycles. The van der Waals surface area contributed by atoms with Gasteiger partial charge < -0.3 is 19.2 Å². The van der Waals surface area contributed by atoms with E-state index >= 15 is 0 Å². The van der Waals surface area contributed by atoms with Gasteiger partial charge in [-0.15, -0.1) is 0 Å². The van der Waals surface area contributed by atoms with E-state index in [0.29, 0.717) is 13.1 Å². The number of benzene rings is 1. The summed E-state index contributed by atoms with van der Waals surface area (Å²) in [5.74, 6) is -1.02. The highest BCUT2D eigenvalue weighted by Crippen LogP contribution is 2.16. The molecule has 0 spiro atoms. The molecule has 0 saturated heterocycles. The van der Waals surface area contributed by atoms with Crippen LogP contribution in [0.15, 0.2) is 40.8 Å². The van der Waals surface area contributed by atoms with Crippen LogP contribution in [0.2, 0.25) is 0 Å². The lowest BCUT2D eigenvalue weighted by molar-refractivity contribution is 0.0649. The van der Waals surface area contributed by atoms with Gasteiger partial charge in [-0.05, 0) is 36.8 Å². The van der Waals surface area contributed by atoms with Gasteiger partial charge in [0.2, 0.25) is 5.76 Å². The Bertz CT molecular complexity index is 659. The SMILES string of the molecule is CCN(Cc1ccc(OC)cc1)C(=O)c1ccc(C(=O)O)o1. The number of carbonyl (C=O) groups excluding carboxylic acids is 1. The number of methoxy groups -OCH3 is 1. The Hall–Kier alpha value is -2.76. The van der Waals surface area contributed by atoms with Crippen molar-refractivity contribution in [2.45, 2.75) is 13.5 Å². The van der Waals surface area contributed by atoms with Gasteiger partial charge >= 0.3 is 5.97 Å². The van der Waals surface area contributed by atoms with Gasteiger partial charge in [0, 0.05) is 13.1 Å². The number of amides is 1. The molecule has 0 saturated carbocycles. The van der Waals surface area contributed by atoms with Gasteiger partial charge in [-0.3, -0.25) is 4.79 Å². The molecule has 116 valence electrons. The largest absolute Gasteiger partial charge is 0.497 e. The summed E-state index contributed by atoms with van der Waals surface area (Å²) in [6, 6.07) is 10.0. The minimum absolute atomic E-state index is 0.0211. The third-order valence-electron chi connectivity index (χ3n) is 3.23. The van der Waals surface area contributed by atoms with Crippen molar-refractivity contribution in [3.63, 3.8) is 0 Å². The first-order valence-corrected chi connectivity index (χ1v) is 6.80. The van der Waals surface area contributed by atoms with Crippen LogP contribution < -0.4 is 4.74 Å². The third kappa shape index (κ3) is 3.46. The molecular formula is C16H17NO5. The molecule has 0 aliphatic rings. The molecule has 1 aromatic carbocycles. The number of ether oxygens (including phenoxy) is 1. The summed E-state index contributed by atoms with van der Waals surface area (Å²) in [5, 5.41) is 8.83. The topological polar surface area (TPSA) is 80.0 Å². The lowest BCUT2D eigenvalue weighted by Gasteiger charge is -2.19. The van der Waals surface area contributed by atoms with Crippen molar-refractivity contribution in [3.05, 3.63) is 53.5 Å². The zero-order chi connectivity index (χ0) is 16.1. The zero-order valence-electron chi connectivity index (χ0n) is 12.4. The van der Waals surface area contributed by atoms with Crippen LogP contribution in [0.5, 0.6) is 5.75 Å². The Morgan fingerprint density at radius 3 is 2.27 bits per heavy atom. The maximum atomic E-state index is 12.4. The molecule has 22 heavy (non-hydrogen) atoms. The molecule has 1 amide bonds. The lowest BCUT2D eigenvalue weighted by Crippen LogP contribution is -2.30. The third-order valence-corrected chi connectivity index (χ3v) is 3.23. The number of hydrogen-bond acceptors (Lipinski definition) is 4. The van der Waals surface area contributed by atoms with E-state index in [0.717, 1.165) is 11.3 Å². The molecule has 0 unspecified atom stereocenters. The summed E-state index contributed by atoms with van der Waals surface area (Å²) < 4.78 is 10.1. The minimum atomic E-state index is -1.20. The number of nitrogens with zero attached hydrogens (tertiary/aromatic N) is 1. The molecular weight excluding hydrogens is 286 g/mol. The average molecular weight is 303 g/mol. The smallest absolute Gasteiger partial charge is 0.371 e. The fourth-order valence-electron chi connectivity index (χ4n) is 2.00. The maximum Gasteiger partial charge on any atom is 0.371 e. The van der Waals surface area contributed by atoms with Crippen LogP contribution >= 0.6 is 0 Å². The quantitative estimate of drug-likeness (QED) is 0.887. The minimum Gasteiger partial charge on any atom is -0.497 e. The van der Waals surface area contributed by atoms with Crippen molar-refractivity contribution in [3.8, 4) is 5.75 Å². The average Bonchev–Trinajstić information content (AvgIpc) is 3.02. The molecule has 0 atom stereocenters. The number of rotatable bonds is 6. The van der Waals surface area contributed by atoms with Crippen molar-refractivity contribution in [2.75, 3.05) is 13.7 Å². The molecule has 0 aliphatic carbocycles. The molecule has 1 aromatic heterocycles. The van der Waals surface area contributed by atoms with Gasteiger partial charge in [-0.1, -0.05) is 12.1 Å². The van der Waals surface area contributed by atoms with Crippen LogP contribution in [0.25, 0.3) is 0 Å². The van der Waals surface area contributed by atoms with E-state index in [1.54, 1.807) is 12.0 Å². The monoisotopic (exact) mass is 303 g/mol. The van der Waals surface area contributed by atoms with Gasteiger partial charge in [0.05, 0.1) is 7.11 Å². The summed E-state index contributed by atoms with van der Waals surface area (Å²) in [4.78, 5) is 24.7. The molecule has 6 nitrogen and oxygen atoms in total. The second kappa shape index (κ2) is 6.80. The molecule has 2 rings (SSSR count). The van der Waals surface area contributed by atoms with Crippen LogP contribution in [-0.4, -0.2) is 35.5 Å². The molecule has 1 N–H and O–H groups in total. The predicted octanol–water partition coefficient (Wildman–Crippen LogP) is 2.65. The Kier molecular flexibility index (Phi) is 4.83. The standard InChI is InChI=1S/C16H17NO5/c1-3-17(10-11-4-6-12(21-2)7-5-11)15(18)13-8-9-14(22-13)16(19)20/h4-9H,3,10H2,1-2H3,(H,19,20). The number of carboxylic acid groups (broad SMARTS) is 1.